The van der Waals surface area contributed by atoms with Gasteiger partial charge < -0.3 is 59.4 Å². The molecule has 0 radical (unpaired) electrons. The van der Waals surface area contributed by atoms with E-state index in [1.54, 1.807) is 0 Å². The third kappa shape index (κ3) is 141. The fraction of sp³-hybridized carbons (Fsp3) is 0.893. The second kappa shape index (κ2) is 87.3. The van der Waals surface area contributed by atoms with Crippen LogP contribution in [0.2, 0.25) is 0 Å². The van der Waals surface area contributed by atoms with E-state index in [9.17, 15) is 39.6 Å². The summed E-state index contributed by atoms with van der Waals surface area (Å²) >= 11 is 0. The van der Waals surface area contributed by atoms with Crippen LogP contribution in [0, 0.1) is 0 Å². The molecular weight excluding hydrogens is 985 g/mol. The first-order valence-electron chi connectivity index (χ1n) is 27.7. The molecule has 0 aromatic heterocycles. The van der Waals surface area contributed by atoms with Crippen molar-refractivity contribution in [2.75, 3.05) is 0 Å². The van der Waals surface area contributed by atoms with Gasteiger partial charge >= 0.3 is 113 Å². The second-order valence-electron chi connectivity index (χ2n) is 18.2. The maximum absolute atomic E-state index is 10.2. The average molecular weight is 1090 g/mol. The van der Waals surface area contributed by atoms with Crippen molar-refractivity contribution in [1.29, 1.82) is 0 Å². The molecule has 0 aliphatic heterocycles. The molecule has 0 aromatic rings. The standard InChI is InChI=1S/2C18H36O2.2C8H16O2.2C2H4O2.3Ca/c2*1-2-3-4-5-6-7-8-9-10-11-12-13-14-15-16-17-18(19)20;2*1-2-3-4-5-6-7-8(9)10;2*1-2(3)4;;;/h2*2-17H2,1H3,(H,19,20);2*2-7H2,1H3,(H,9,10);2*1H3,(H,3,4);;;/q;;;;;;3*+2/p-6. The van der Waals surface area contributed by atoms with Crippen molar-refractivity contribution in [2.24, 2.45) is 0 Å². The van der Waals surface area contributed by atoms with Gasteiger partial charge in [-0.25, -0.2) is 0 Å². The van der Waals surface area contributed by atoms with E-state index in [0.29, 0.717) is 0 Å². The molecule has 71 heavy (non-hydrogen) atoms. The molecule has 408 valence electrons. The van der Waals surface area contributed by atoms with Crippen LogP contribution in [0.3, 0.4) is 0 Å². The summed E-state index contributed by atoms with van der Waals surface area (Å²) in [6.07, 6.45) is 50.9. The normalized spacial score (nSPS) is 9.55. The molecule has 0 bridgehead atoms. The number of unbranched alkanes of at least 4 members (excludes halogenated alkanes) is 36. The van der Waals surface area contributed by atoms with Crippen LogP contribution >= 0.6 is 0 Å². The molecule has 0 N–H and O–H groups in total. The van der Waals surface area contributed by atoms with E-state index in [1.807, 2.05) is 0 Å². The minimum Gasteiger partial charge on any atom is -0.550 e. The number of hydrogen-bond acceptors (Lipinski definition) is 12. The SMILES string of the molecule is CC(=O)[O-].CC(=O)[O-].CCCCCCCC(=O)[O-].CCCCCCCC(=O)[O-].CCCCCCCCCCCCCCCCCC(=O)[O-].CCCCCCCCCCCCCCCCCC(=O)[O-].[Ca+2].[Ca+2].[Ca+2]. The number of hydrogen-bond donors (Lipinski definition) is 0. The molecule has 0 heterocycles. The van der Waals surface area contributed by atoms with Crippen molar-refractivity contribution in [3.05, 3.63) is 0 Å². The Labute approximate surface area is 526 Å². The van der Waals surface area contributed by atoms with E-state index in [-0.39, 0.29) is 139 Å². The Kier molecular flexibility index (Phi) is 112. The number of carbonyl (C=O) groups excluding carboxylic acids is 6. The summed E-state index contributed by atoms with van der Waals surface area (Å²) in [6, 6.07) is 0. The number of aliphatic carboxylic acids is 6. The van der Waals surface area contributed by atoms with Gasteiger partial charge in [0, 0.05) is 35.8 Å². The van der Waals surface area contributed by atoms with Crippen LogP contribution in [-0.2, 0) is 28.8 Å². The van der Waals surface area contributed by atoms with E-state index < -0.39 is 35.8 Å². The Morgan fingerprint density at radius 1 is 0.211 bits per heavy atom. The summed E-state index contributed by atoms with van der Waals surface area (Å²) in [5, 5.41) is 58.1. The van der Waals surface area contributed by atoms with Gasteiger partial charge in [-0.15, -0.1) is 0 Å². The Balaban J connectivity index is -0.000000100. The minimum absolute atomic E-state index is 0. The van der Waals surface area contributed by atoms with Crippen molar-refractivity contribution in [3.8, 4) is 0 Å². The summed E-state index contributed by atoms with van der Waals surface area (Å²) in [5.74, 6) is -5.81. The molecule has 0 saturated carbocycles. The summed E-state index contributed by atoms with van der Waals surface area (Å²) in [6.45, 7) is 10.8. The zero-order valence-corrected chi connectivity index (χ0v) is 53.8. The fourth-order valence-electron chi connectivity index (χ4n) is 7.03. The van der Waals surface area contributed by atoms with Gasteiger partial charge in [0.05, 0.1) is 0 Å². The van der Waals surface area contributed by atoms with Crippen molar-refractivity contribution in [2.45, 2.75) is 324 Å². The predicted octanol–water partition coefficient (Wildman–Crippen LogP) is 8.56. The van der Waals surface area contributed by atoms with Crippen molar-refractivity contribution < 1.29 is 59.4 Å². The smallest absolute Gasteiger partial charge is 0.550 e. The molecule has 0 aliphatic rings. The van der Waals surface area contributed by atoms with Gasteiger partial charge in [-0.05, 0) is 65.2 Å². The van der Waals surface area contributed by atoms with Crippen molar-refractivity contribution >= 4 is 149 Å². The Morgan fingerprint density at radius 2 is 0.296 bits per heavy atom. The molecule has 0 atom stereocenters. The van der Waals surface area contributed by atoms with Gasteiger partial charge in [-0.1, -0.05) is 259 Å². The first-order valence-corrected chi connectivity index (χ1v) is 27.7. The van der Waals surface area contributed by atoms with Gasteiger partial charge in [-0.2, -0.15) is 0 Å². The van der Waals surface area contributed by atoms with Crippen LogP contribution in [0.4, 0.5) is 0 Å². The zero-order valence-electron chi connectivity index (χ0n) is 47.1. The van der Waals surface area contributed by atoms with Crippen LogP contribution in [0.1, 0.15) is 324 Å². The number of carboxylic acid groups (broad SMARTS) is 6. The number of carboxylic acids is 6. The molecule has 0 spiro atoms. The first-order chi connectivity index (χ1) is 32.5. The largest absolute Gasteiger partial charge is 2.00 e. The van der Waals surface area contributed by atoms with Crippen LogP contribution in [-0.4, -0.2) is 149 Å². The molecule has 0 aliphatic carbocycles. The van der Waals surface area contributed by atoms with Crippen molar-refractivity contribution in [1.82, 2.24) is 0 Å². The molecule has 12 nitrogen and oxygen atoms in total. The maximum atomic E-state index is 10.2. The van der Waals surface area contributed by atoms with E-state index in [4.69, 9.17) is 19.8 Å². The third-order valence-corrected chi connectivity index (χ3v) is 10.9. The van der Waals surface area contributed by atoms with E-state index in [0.717, 1.165) is 78.1 Å². The van der Waals surface area contributed by atoms with Gasteiger partial charge in [0.2, 0.25) is 0 Å². The summed E-state index contributed by atoms with van der Waals surface area (Å²) in [5.41, 5.74) is 0. The Morgan fingerprint density at radius 3 is 0.380 bits per heavy atom. The molecule has 0 rings (SSSR count). The Hall–Kier alpha value is 0.599. The van der Waals surface area contributed by atoms with Gasteiger partial charge in [0.25, 0.3) is 0 Å². The van der Waals surface area contributed by atoms with E-state index in [2.05, 4.69) is 27.7 Å². The number of carbonyl (C=O) groups is 6. The molecule has 0 saturated heterocycles. The maximum Gasteiger partial charge on any atom is 2.00 e. The zero-order chi connectivity index (χ0) is 52.6. The molecule has 15 heteroatoms. The molecule has 0 amide bonds. The van der Waals surface area contributed by atoms with Gasteiger partial charge in [0.1, 0.15) is 0 Å². The first kappa shape index (κ1) is 91.1. The van der Waals surface area contributed by atoms with Crippen molar-refractivity contribution in [3.63, 3.8) is 0 Å². The minimum atomic E-state index is -1.08. The summed E-state index contributed by atoms with van der Waals surface area (Å²) in [4.78, 5) is 58.1. The van der Waals surface area contributed by atoms with E-state index in [1.165, 1.54) is 193 Å². The van der Waals surface area contributed by atoms with E-state index >= 15 is 0 Å². The van der Waals surface area contributed by atoms with Gasteiger partial charge in [-0.3, -0.25) is 0 Å². The predicted molar refractivity (Wildman–Crippen MR) is 284 cm³/mol. The van der Waals surface area contributed by atoms with Crippen LogP contribution in [0.15, 0.2) is 0 Å². The quantitative estimate of drug-likeness (QED) is 0.0412. The summed E-state index contributed by atoms with van der Waals surface area (Å²) < 4.78 is 0. The third-order valence-electron chi connectivity index (χ3n) is 10.9. The summed E-state index contributed by atoms with van der Waals surface area (Å²) in [7, 11) is 0. The molecular formula is C56H106Ca3O12. The van der Waals surface area contributed by atoms with Crippen LogP contribution in [0.25, 0.3) is 0 Å². The number of rotatable bonds is 44. The Bertz CT molecular complexity index is 963. The van der Waals surface area contributed by atoms with Gasteiger partial charge in [0.15, 0.2) is 0 Å². The molecule has 0 fully saturated rings. The average Bonchev–Trinajstić information content (AvgIpc) is 3.26. The van der Waals surface area contributed by atoms with Crippen LogP contribution in [0.5, 0.6) is 0 Å². The molecule has 0 aromatic carbocycles. The fourth-order valence-corrected chi connectivity index (χ4v) is 7.03. The van der Waals surface area contributed by atoms with Crippen LogP contribution < -0.4 is 30.6 Å². The molecule has 0 unspecified atom stereocenters. The second-order valence-corrected chi connectivity index (χ2v) is 18.2. The monoisotopic (exact) mass is 1090 g/mol. The topological polar surface area (TPSA) is 241 Å².